The van der Waals surface area contributed by atoms with Crippen LogP contribution in [0.5, 0.6) is 0 Å². The van der Waals surface area contributed by atoms with Gasteiger partial charge < -0.3 is 4.90 Å². The normalized spacial score (nSPS) is 11.3. The third-order valence-corrected chi connectivity index (χ3v) is 5.16. The van der Waals surface area contributed by atoms with Crippen LogP contribution in [0.25, 0.3) is 0 Å². The Balaban J connectivity index is 2.52. The van der Waals surface area contributed by atoms with E-state index in [1.54, 1.807) is 30.3 Å². The maximum Gasteiger partial charge on any atom is 0.308 e. The molecule has 0 unspecified atom stereocenters. The predicted octanol–water partition coefficient (Wildman–Crippen LogP) is 1.34. The molecular weight excluding hydrogens is 354 g/mol. The number of carbonyl (C=O) groups excluding carboxylic acids is 1. The highest BCUT2D eigenvalue weighted by Gasteiger charge is 2.28. The van der Waals surface area contributed by atoms with Gasteiger partial charge in [0.05, 0.1) is 6.20 Å². The molecule has 24 heavy (non-hydrogen) atoms. The van der Waals surface area contributed by atoms with Crippen molar-refractivity contribution in [2.45, 2.75) is 0 Å². The van der Waals surface area contributed by atoms with Gasteiger partial charge in [-0.15, -0.1) is 0 Å². The second-order valence-electron chi connectivity index (χ2n) is 4.99. The summed E-state index contributed by atoms with van der Waals surface area (Å²) in [6, 6.07) is 8.16. The number of nitrogens with zero attached hydrogens (tertiary/aromatic N) is 5. The van der Waals surface area contributed by atoms with E-state index in [2.05, 4.69) is 4.98 Å². The first-order valence-electron chi connectivity index (χ1n) is 6.64. The molecule has 0 bridgehead atoms. The van der Waals surface area contributed by atoms with Gasteiger partial charge in [0.1, 0.15) is 6.07 Å². The average Bonchev–Trinajstić information content (AvgIpc) is 2.99. The zero-order valence-electron chi connectivity index (χ0n) is 13.1. The number of carbonyl (C=O) groups is 1. The van der Waals surface area contributed by atoms with Gasteiger partial charge in [-0.3, -0.25) is 4.79 Å². The number of rotatable bonds is 4. The minimum Gasteiger partial charge on any atom is -0.309 e. The number of imidazole rings is 1. The van der Waals surface area contributed by atoms with Crippen molar-refractivity contribution in [2.24, 2.45) is 0 Å². The van der Waals surface area contributed by atoms with Gasteiger partial charge in [0.25, 0.3) is 5.91 Å². The first-order chi connectivity index (χ1) is 11.2. The van der Waals surface area contributed by atoms with E-state index < -0.39 is 16.1 Å². The minimum atomic E-state index is -4.00. The van der Waals surface area contributed by atoms with Crippen molar-refractivity contribution in [2.75, 3.05) is 26.0 Å². The molecule has 126 valence electrons. The van der Waals surface area contributed by atoms with Crippen molar-refractivity contribution in [3.8, 4) is 6.07 Å². The summed E-state index contributed by atoms with van der Waals surface area (Å²) in [6.07, 6.45) is 1.01. The molecule has 0 atom stereocenters. The molecule has 0 radical (unpaired) electrons. The summed E-state index contributed by atoms with van der Waals surface area (Å²) in [7, 11) is 0.111. The molecule has 1 heterocycles. The van der Waals surface area contributed by atoms with Gasteiger partial charge in [-0.25, -0.2) is 8.96 Å². The molecule has 0 fully saturated rings. The maximum absolute atomic E-state index is 12.7. The van der Waals surface area contributed by atoms with Crippen LogP contribution >= 0.6 is 11.6 Å². The van der Waals surface area contributed by atoms with Crippen molar-refractivity contribution in [3.63, 3.8) is 0 Å². The van der Waals surface area contributed by atoms with E-state index in [4.69, 9.17) is 16.9 Å². The summed E-state index contributed by atoms with van der Waals surface area (Å²) in [6.45, 7) is 0. The molecule has 0 N–H and O–H groups in total. The second kappa shape index (κ2) is 6.60. The molecule has 0 saturated heterocycles. The minimum absolute atomic E-state index is 0.173. The van der Waals surface area contributed by atoms with Gasteiger partial charge in [-0.2, -0.15) is 18.0 Å². The van der Waals surface area contributed by atoms with Gasteiger partial charge in [-0.05, 0) is 24.3 Å². The highest BCUT2D eigenvalue weighted by molar-refractivity contribution is 7.87. The van der Waals surface area contributed by atoms with E-state index in [1.807, 2.05) is 0 Å². The smallest absolute Gasteiger partial charge is 0.308 e. The second-order valence-corrected chi connectivity index (χ2v) is 7.44. The number of hydrogen-bond acceptors (Lipinski definition) is 5. The van der Waals surface area contributed by atoms with E-state index in [1.165, 1.54) is 26.0 Å². The quantitative estimate of drug-likeness (QED) is 0.811. The Labute approximate surface area is 144 Å². The first kappa shape index (κ1) is 17.9. The SMILES string of the molecule is CN(C(=O)c1nc(C#N)cn1S(=O)(=O)N(C)C)c1ccc(Cl)cc1. The van der Waals surface area contributed by atoms with Crippen molar-refractivity contribution in [1.82, 2.24) is 13.3 Å². The number of amides is 1. The van der Waals surface area contributed by atoms with Crippen LogP contribution in [0.15, 0.2) is 30.5 Å². The van der Waals surface area contributed by atoms with Crippen molar-refractivity contribution in [3.05, 3.63) is 47.0 Å². The van der Waals surface area contributed by atoms with Crippen LogP contribution in [-0.2, 0) is 10.2 Å². The molecule has 0 spiro atoms. The Morgan fingerprint density at radius 1 is 1.25 bits per heavy atom. The monoisotopic (exact) mass is 367 g/mol. The molecule has 0 aliphatic heterocycles. The van der Waals surface area contributed by atoms with Crippen molar-refractivity contribution < 1.29 is 13.2 Å². The van der Waals surface area contributed by atoms with Crippen LogP contribution < -0.4 is 4.90 Å². The Hall–Kier alpha value is -2.41. The fourth-order valence-electron chi connectivity index (χ4n) is 1.84. The molecular formula is C14H14ClN5O3S. The third-order valence-electron chi connectivity index (χ3n) is 3.21. The van der Waals surface area contributed by atoms with Crippen LogP contribution in [-0.4, -0.2) is 48.7 Å². The molecule has 1 amide bonds. The van der Waals surface area contributed by atoms with E-state index >= 15 is 0 Å². The third kappa shape index (κ3) is 3.26. The van der Waals surface area contributed by atoms with Crippen LogP contribution in [0.3, 0.4) is 0 Å². The lowest BCUT2D eigenvalue weighted by atomic mass is 10.3. The van der Waals surface area contributed by atoms with Crippen LogP contribution in [0.1, 0.15) is 16.3 Å². The lowest BCUT2D eigenvalue weighted by molar-refractivity contribution is 0.0982. The van der Waals surface area contributed by atoms with Gasteiger partial charge in [-0.1, -0.05) is 11.6 Å². The highest BCUT2D eigenvalue weighted by Crippen LogP contribution is 2.19. The Morgan fingerprint density at radius 2 is 1.83 bits per heavy atom. The number of aromatic nitrogens is 2. The lowest BCUT2D eigenvalue weighted by Crippen LogP contribution is -2.35. The first-order valence-corrected chi connectivity index (χ1v) is 8.42. The van der Waals surface area contributed by atoms with Gasteiger partial charge in [0.15, 0.2) is 5.69 Å². The number of halogens is 1. The molecule has 2 rings (SSSR count). The topological polar surface area (TPSA) is 99.3 Å². The Morgan fingerprint density at radius 3 is 2.33 bits per heavy atom. The fourth-order valence-corrected chi connectivity index (χ4v) is 2.89. The summed E-state index contributed by atoms with van der Waals surface area (Å²) < 4.78 is 26.3. The summed E-state index contributed by atoms with van der Waals surface area (Å²) in [5.41, 5.74) is 0.327. The van der Waals surface area contributed by atoms with Gasteiger partial charge >= 0.3 is 10.2 Å². The largest absolute Gasteiger partial charge is 0.309 e. The fraction of sp³-hybridized carbons (Fsp3) is 0.214. The summed E-state index contributed by atoms with van der Waals surface area (Å²) >= 11 is 5.81. The zero-order chi connectivity index (χ0) is 18.1. The molecule has 2 aromatic rings. The van der Waals surface area contributed by atoms with Gasteiger partial charge in [0.2, 0.25) is 5.82 Å². The summed E-state index contributed by atoms with van der Waals surface area (Å²) in [4.78, 5) is 17.7. The molecule has 1 aromatic carbocycles. The highest BCUT2D eigenvalue weighted by atomic mass is 35.5. The van der Waals surface area contributed by atoms with Gasteiger partial charge in [0, 0.05) is 31.9 Å². The number of hydrogen-bond donors (Lipinski definition) is 0. The summed E-state index contributed by atoms with van der Waals surface area (Å²) in [5, 5.41) is 9.48. The van der Waals surface area contributed by atoms with E-state index in [-0.39, 0.29) is 11.5 Å². The average molecular weight is 368 g/mol. The van der Waals surface area contributed by atoms with Crippen LogP contribution in [0, 0.1) is 11.3 Å². The molecule has 10 heteroatoms. The predicted molar refractivity (Wildman–Crippen MR) is 89.1 cm³/mol. The molecule has 0 aliphatic rings. The summed E-state index contributed by atoms with van der Waals surface area (Å²) in [5.74, 6) is -1.05. The Kier molecular flexibility index (Phi) is 4.94. The molecule has 8 nitrogen and oxygen atoms in total. The Bertz CT molecular complexity index is 913. The molecule has 1 aromatic heterocycles. The van der Waals surface area contributed by atoms with E-state index in [0.717, 1.165) is 10.5 Å². The standard InChI is InChI=1S/C14H14ClN5O3S/c1-18(2)24(22,23)20-9-11(8-16)17-13(20)14(21)19(3)12-6-4-10(15)5-7-12/h4-7,9H,1-3H3. The van der Waals surface area contributed by atoms with E-state index in [0.29, 0.717) is 14.7 Å². The lowest BCUT2D eigenvalue weighted by Gasteiger charge is -2.19. The molecule has 0 aliphatic carbocycles. The molecule has 0 saturated carbocycles. The number of anilines is 1. The van der Waals surface area contributed by atoms with Crippen LogP contribution in [0.2, 0.25) is 5.02 Å². The zero-order valence-corrected chi connectivity index (χ0v) is 14.7. The van der Waals surface area contributed by atoms with Crippen molar-refractivity contribution in [1.29, 1.82) is 5.26 Å². The van der Waals surface area contributed by atoms with Crippen LogP contribution in [0.4, 0.5) is 5.69 Å². The maximum atomic E-state index is 12.7. The van der Waals surface area contributed by atoms with E-state index in [9.17, 15) is 13.2 Å². The number of nitriles is 1. The van der Waals surface area contributed by atoms with Crippen molar-refractivity contribution >= 4 is 33.4 Å². The number of benzene rings is 1.